The lowest BCUT2D eigenvalue weighted by molar-refractivity contribution is 0.776. The molecule has 9 aromatic carbocycles. The summed E-state index contributed by atoms with van der Waals surface area (Å²) in [5, 5.41) is 2.52. The van der Waals surface area contributed by atoms with Crippen molar-refractivity contribution in [1.82, 2.24) is 0 Å². The van der Waals surface area contributed by atoms with Crippen molar-refractivity contribution in [3.63, 3.8) is 0 Å². The molecule has 0 saturated heterocycles. The molecule has 0 aliphatic heterocycles. The van der Waals surface area contributed by atoms with Crippen molar-refractivity contribution < 1.29 is 0 Å². The van der Waals surface area contributed by atoms with Crippen LogP contribution in [0.5, 0.6) is 0 Å². The van der Waals surface area contributed by atoms with Crippen LogP contribution in [0, 0.1) is 0 Å². The Labute approximate surface area is 311 Å². The summed E-state index contributed by atoms with van der Waals surface area (Å²) in [6.07, 6.45) is 0. The average Bonchev–Trinajstić information content (AvgIpc) is 3.55. The first-order valence-electron chi connectivity index (χ1n) is 18.4. The van der Waals surface area contributed by atoms with Crippen molar-refractivity contribution in [2.24, 2.45) is 0 Å². The Morgan fingerprint density at radius 2 is 0.679 bits per heavy atom. The summed E-state index contributed by atoms with van der Waals surface area (Å²) < 4.78 is 0. The van der Waals surface area contributed by atoms with Crippen molar-refractivity contribution in [3.8, 4) is 55.6 Å². The van der Waals surface area contributed by atoms with Crippen LogP contribution in [0.2, 0.25) is 0 Å². The largest absolute Gasteiger partial charge is 0.0719 e. The van der Waals surface area contributed by atoms with Gasteiger partial charge in [0, 0.05) is 0 Å². The summed E-state index contributed by atoms with van der Waals surface area (Å²) in [6, 6.07) is 80.3. The molecule has 0 heteroatoms. The Kier molecular flexibility index (Phi) is 7.48. The quantitative estimate of drug-likeness (QED) is 0.165. The van der Waals surface area contributed by atoms with Crippen molar-refractivity contribution in [2.45, 2.75) is 5.41 Å². The van der Waals surface area contributed by atoms with Crippen LogP contribution >= 0.6 is 0 Å². The molecule has 0 unspecified atom stereocenters. The second-order valence-corrected chi connectivity index (χ2v) is 14.0. The van der Waals surface area contributed by atoms with Gasteiger partial charge in [0.05, 0.1) is 5.41 Å². The van der Waals surface area contributed by atoms with E-state index in [4.69, 9.17) is 0 Å². The van der Waals surface area contributed by atoms with E-state index in [1.54, 1.807) is 0 Å². The SMILES string of the molecule is c1ccc(-c2ccccc2-c2ccc3c(c2)C(c2ccccc2)(c2ccccc2)c2c-3ccc3cc(-c4ccccc4-c4ccccc4)ccc23)cc1. The fraction of sp³-hybridized carbons (Fsp3) is 0.0189. The number of hydrogen-bond donors (Lipinski definition) is 0. The highest BCUT2D eigenvalue weighted by molar-refractivity contribution is 6.03. The van der Waals surface area contributed by atoms with Gasteiger partial charge in [0.15, 0.2) is 0 Å². The third kappa shape index (κ3) is 4.99. The molecule has 0 fully saturated rings. The van der Waals surface area contributed by atoms with E-state index in [1.165, 1.54) is 88.7 Å². The first kappa shape index (κ1) is 31.0. The highest BCUT2D eigenvalue weighted by Gasteiger charge is 2.47. The van der Waals surface area contributed by atoms with E-state index in [-0.39, 0.29) is 0 Å². The minimum Gasteiger partial charge on any atom is -0.0622 e. The molecule has 0 saturated carbocycles. The maximum atomic E-state index is 2.48. The summed E-state index contributed by atoms with van der Waals surface area (Å²) in [4.78, 5) is 0. The van der Waals surface area contributed by atoms with Gasteiger partial charge >= 0.3 is 0 Å². The lowest BCUT2D eigenvalue weighted by Crippen LogP contribution is -2.28. The van der Waals surface area contributed by atoms with Crippen molar-refractivity contribution in [1.29, 1.82) is 0 Å². The molecule has 0 atom stereocenters. The first-order chi connectivity index (χ1) is 26.3. The van der Waals surface area contributed by atoms with Crippen molar-refractivity contribution >= 4 is 10.8 Å². The van der Waals surface area contributed by atoms with Crippen LogP contribution in [-0.4, -0.2) is 0 Å². The highest BCUT2D eigenvalue weighted by Crippen LogP contribution is 2.59. The van der Waals surface area contributed by atoms with E-state index in [9.17, 15) is 0 Å². The zero-order valence-electron chi connectivity index (χ0n) is 29.3. The molecule has 53 heavy (non-hydrogen) atoms. The molecule has 1 aliphatic carbocycles. The number of fused-ring (bicyclic) bond motifs is 5. The van der Waals surface area contributed by atoms with Gasteiger partial charge in [-0.1, -0.05) is 206 Å². The van der Waals surface area contributed by atoms with Crippen LogP contribution < -0.4 is 0 Å². The standard InChI is InChI=1S/C53H36/c1-5-17-37(18-6-1)44-25-13-15-27-46(44)39-29-32-48-40(35-39)31-34-50-49-33-30-41(47-28-16-14-26-45(47)38-19-7-2-8-20-38)36-51(49)53(52(48)50,42-21-9-3-10-22-42)43-23-11-4-12-24-43/h1-36H. The minimum atomic E-state index is -0.534. The van der Waals surface area contributed by atoms with E-state index in [2.05, 4.69) is 218 Å². The molecule has 0 amide bonds. The molecule has 0 nitrogen and oxygen atoms in total. The van der Waals surface area contributed by atoms with Gasteiger partial charge in [-0.15, -0.1) is 0 Å². The third-order valence-corrected chi connectivity index (χ3v) is 11.2. The fourth-order valence-electron chi connectivity index (χ4n) is 8.87. The van der Waals surface area contributed by atoms with Crippen LogP contribution in [0.25, 0.3) is 66.4 Å². The molecule has 0 radical (unpaired) electrons. The molecular formula is C53H36. The second kappa shape index (κ2) is 12.8. The Bertz CT molecular complexity index is 2700. The molecule has 248 valence electrons. The van der Waals surface area contributed by atoms with Crippen LogP contribution in [0.4, 0.5) is 0 Å². The fourth-order valence-corrected chi connectivity index (χ4v) is 8.87. The van der Waals surface area contributed by atoms with Crippen LogP contribution in [0.1, 0.15) is 22.3 Å². The van der Waals surface area contributed by atoms with Crippen molar-refractivity contribution in [2.75, 3.05) is 0 Å². The molecule has 0 heterocycles. The van der Waals surface area contributed by atoms with Gasteiger partial charge < -0.3 is 0 Å². The maximum Gasteiger partial charge on any atom is 0.0719 e. The Morgan fingerprint density at radius 1 is 0.264 bits per heavy atom. The number of benzene rings is 9. The van der Waals surface area contributed by atoms with Crippen LogP contribution in [-0.2, 0) is 5.41 Å². The monoisotopic (exact) mass is 672 g/mol. The van der Waals surface area contributed by atoms with Gasteiger partial charge in [0.2, 0.25) is 0 Å². The molecule has 1 aliphatic rings. The summed E-state index contributed by atoms with van der Waals surface area (Å²) in [5.41, 5.74) is 17.1. The lowest BCUT2D eigenvalue weighted by Gasteiger charge is -2.35. The topological polar surface area (TPSA) is 0 Å². The van der Waals surface area contributed by atoms with E-state index in [0.717, 1.165) is 0 Å². The maximum absolute atomic E-state index is 2.48. The van der Waals surface area contributed by atoms with E-state index < -0.39 is 5.41 Å². The predicted molar refractivity (Wildman–Crippen MR) is 223 cm³/mol. The molecule has 0 spiro atoms. The average molecular weight is 673 g/mol. The Hall–Kier alpha value is -6.76. The molecule has 0 bridgehead atoms. The highest BCUT2D eigenvalue weighted by atomic mass is 14.5. The smallest absolute Gasteiger partial charge is 0.0622 e. The molecular weight excluding hydrogens is 637 g/mol. The van der Waals surface area contributed by atoms with Gasteiger partial charge in [0.1, 0.15) is 0 Å². The van der Waals surface area contributed by atoms with E-state index in [1.807, 2.05) is 0 Å². The van der Waals surface area contributed by atoms with Crippen LogP contribution in [0.3, 0.4) is 0 Å². The molecule has 0 N–H and O–H groups in total. The van der Waals surface area contributed by atoms with Gasteiger partial charge in [-0.05, 0) is 101 Å². The van der Waals surface area contributed by atoms with Gasteiger partial charge in [-0.3, -0.25) is 0 Å². The summed E-state index contributed by atoms with van der Waals surface area (Å²) >= 11 is 0. The minimum absolute atomic E-state index is 0.534. The summed E-state index contributed by atoms with van der Waals surface area (Å²) in [6.45, 7) is 0. The third-order valence-electron chi connectivity index (χ3n) is 11.2. The zero-order valence-corrected chi connectivity index (χ0v) is 29.3. The molecule has 0 aromatic heterocycles. The summed E-state index contributed by atoms with van der Waals surface area (Å²) in [5.74, 6) is 0. The van der Waals surface area contributed by atoms with Crippen molar-refractivity contribution in [3.05, 3.63) is 241 Å². The van der Waals surface area contributed by atoms with Gasteiger partial charge in [0.25, 0.3) is 0 Å². The number of rotatable bonds is 6. The Balaban J connectivity index is 1.24. The zero-order chi connectivity index (χ0) is 35.2. The molecule has 9 aromatic rings. The summed E-state index contributed by atoms with van der Waals surface area (Å²) in [7, 11) is 0. The molecule has 10 rings (SSSR count). The van der Waals surface area contributed by atoms with Gasteiger partial charge in [-0.25, -0.2) is 0 Å². The Morgan fingerprint density at radius 3 is 1.21 bits per heavy atom. The van der Waals surface area contributed by atoms with Gasteiger partial charge in [-0.2, -0.15) is 0 Å². The normalized spacial score (nSPS) is 12.7. The van der Waals surface area contributed by atoms with E-state index in [0.29, 0.717) is 0 Å². The second-order valence-electron chi connectivity index (χ2n) is 14.0. The number of hydrogen-bond acceptors (Lipinski definition) is 0. The van der Waals surface area contributed by atoms with Crippen LogP contribution in [0.15, 0.2) is 218 Å². The first-order valence-corrected chi connectivity index (χ1v) is 18.4. The lowest BCUT2D eigenvalue weighted by atomic mass is 9.66. The predicted octanol–water partition coefficient (Wildman–Crippen LogP) is 13.9. The van der Waals surface area contributed by atoms with E-state index >= 15 is 0 Å².